The molecule has 4 N–H and O–H groups in total. The van der Waals surface area contributed by atoms with Crippen LogP contribution in [0.3, 0.4) is 0 Å². The van der Waals surface area contributed by atoms with Crippen molar-refractivity contribution >= 4 is 11.8 Å². The molecule has 18 heavy (non-hydrogen) atoms. The lowest BCUT2D eigenvalue weighted by atomic mass is 9.74. The van der Waals surface area contributed by atoms with Crippen LogP contribution < -0.4 is 11.1 Å². The van der Waals surface area contributed by atoms with E-state index in [0.717, 1.165) is 30.9 Å². The van der Waals surface area contributed by atoms with Crippen LogP contribution in [0.15, 0.2) is 6.07 Å². The fraction of sp³-hybridized carbons (Fsp3) is 0.692. The maximum atomic E-state index is 9.63. The lowest BCUT2D eigenvalue weighted by Crippen LogP contribution is -2.35. The van der Waals surface area contributed by atoms with Gasteiger partial charge in [-0.2, -0.15) is 4.98 Å². The van der Waals surface area contributed by atoms with E-state index in [0.29, 0.717) is 5.95 Å². The molecule has 2 rings (SSSR count). The minimum Gasteiger partial charge on any atom is -0.396 e. The molecule has 0 bridgehead atoms. The Balaban J connectivity index is 2.00. The topological polar surface area (TPSA) is 84.1 Å². The Morgan fingerprint density at radius 2 is 2.06 bits per heavy atom. The van der Waals surface area contributed by atoms with Crippen LogP contribution >= 0.6 is 0 Å². The second-order valence-electron chi connectivity index (χ2n) is 5.33. The fourth-order valence-electron chi connectivity index (χ4n) is 2.65. The molecule has 0 saturated heterocycles. The Bertz CT molecular complexity index is 382. The summed E-state index contributed by atoms with van der Waals surface area (Å²) >= 11 is 0. The zero-order valence-electron chi connectivity index (χ0n) is 10.9. The number of nitrogens with zero attached hydrogens (tertiary/aromatic N) is 2. The number of hydrogen-bond donors (Lipinski definition) is 3. The van der Waals surface area contributed by atoms with Crippen LogP contribution in [0.4, 0.5) is 11.8 Å². The van der Waals surface area contributed by atoms with Crippen LogP contribution in [0.25, 0.3) is 0 Å². The fourth-order valence-corrected chi connectivity index (χ4v) is 2.65. The maximum absolute atomic E-state index is 9.63. The lowest BCUT2D eigenvalue weighted by Gasteiger charge is -2.35. The minimum absolute atomic E-state index is 0.00582. The van der Waals surface area contributed by atoms with Gasteiger partial charge in [-0.05, 0) is 19.8 Å². The first-order valence-electron chi connectivity index (χ1n) is 6.59. The van der Waals surface area contributed by atoms with E-state index in [9.17, 15) is 5.11 Å². The molecular formula is C13H22N4O. The van der Waals surface area contributed by atoms with Gasteiger partial charge in [0.05, 0.1) is 6.61 Å². The van der Waals surface area contributed by atoms with Crippen LogP contribution in [0.2, 0.25) is 0 Å². The van der Waals surface area contributed by atoms with Crippen molar-refractivity contribution in [2.24, 2.45) is 5.41 Å². The van der Waals surface area contributed by atoms with Gasteiger partial charge >= 0.3 is 0 Å². The predicted molar refractivity (Wildman–Crippen MR) is 72.3 cm³/mol. The van der Waals surface area contributed by atoms with Gasteiger partial charge in [0, 0.05) is 23.7 Å². The molecule has 1 heterocycles. The summed E-state index contributed by atoms with van der Waals surface area (Å²) in [5.41, 5.74) is 6.48. The number of aliphatic hydroxyl groups excluding tert-OH is 1. The van der Waals surface area contributed by atoms with E-state index in [1.54, 1.807) is 0 Å². The zero-order chi connectivity index (χ0) is 13.0. The van der Waals surface area contributed by atoms with Gasteiger partial charge in [-0.3, -0.25) is 0 Å². The summed E-state index contributed by atoms with van der Waals surface area (Å²) in [5.74, 6) is 1.04. The Morgan fingerprint density at radius 3 is 2.67 bits per heavy atom. The van der Waals surface area contributed by atoms with Crippen molar-refractivity contribution in [3.05, 3.63) is 11.8 Å². The highest BCUT2D eigenvalue weighted by Gasteiger charge is 2.31. The van der Waals surface area contributed by atoms with Gasteiger partial charge in [-0.1, -0.05) is 19.3 Å². The summed E-state index contributed by atoms with van der Waals surface area (Å²) in [5, 5.41) is 12.9. The van der Waals surface area contributed by atoms with E-state index in [4.69, 9.17) is 5.73 Å². The Labute approximate surface area is 108 Å². The van der Waals surface area contributed by atoms with Crippen molar-refractivity contribution in [1.82, 2.24) is 9.97 Å². The van der Waals surface area contributed by atoms with E-state index in [1.807, 2.05) is 13.0 Å². The van der Waals surface area contributed by atoms with Crippen LogP contribution in [0, 0.1) is 12.3 Å². The summed E-state index contributed by atoms with van der Waals surface area (Å²) in [6.45, 7) is 2.88. The number of nitrogen functional groups attached to an aromatic ring is 1. The highest BCUT2D eigenvalue weighted by atomic mass is 16.3. The normalized spacial score (nSPS) is 18.6. The molecule has 1 aromatic rings. The quantitative estimate of drug-likeness (QED) is 0.757. The van der Waals surface area contributed by atoms with Crippen molar-refractivity contribution in [2.45, 2.75) is 39.0 Å². The second-order valence-corrected chi connectivity index (χ2v) is 5.33. The summed E-state index contributed by atoms with van der Waals surface area (Å²) < 4.78 is 0. The van der Waals surface area contributed by atoms with Gasteiger partial charge in [-0.15, -0.1) is 0 Å². The molecular weight excluding hydrogens is 228 g/mol. The molecule has 100 valence electrons. The number of nitrogens with two attached hydrogens (primary N) is 1. The first kappa shape index (κ1) is 13.1. The number of nitrogens with one attached hydrogen (secondary N) is 1. The average Bonchev–Trinajstić information content (AvgIpc) is 2.36. The zero-order valence-corrected chi connectivity index (χ0v) is 10.9. The molecule has 0 atom stereocenters. The lowest BCUT2D eigenvalue weighted by molar-refractivity contribution is 0.0943. The second kappa shape index (κ2) is 5.52. The van der Waals surface area contributed by atoms with Crippen LogP contribution in [0.5, 0.6) is 0 Å². The Morgan fingerprint density at radius 1 is 1.33 bits per heavy atom. The summed E-state index contributed by atoms with van der Waals surface area (Å²) in [4.78, 5) is 8.20. The number of hydrogen-bond acceptors (Lipinski definition) is 5. The Kier molecular flexibility index (Phi) is 4.01. The molecule has 1 aliphatic rings. The van der Waals surface area contributed by atoms with E-state index < -0.39 is 0 Å². The molecule has 0 radical (unpaired) electrons. The van der Waals surface area contributed by atoms with Crippen molar-refractivity contribution in [2.75, 3.05) is 24.2 Å². The standard InChI is InChI=1S/C13H22N4O/c1-10-7-11(17-12(14)16-10)15-8-13(9-18)5-3-2-4-6-13/h7,18H,2-6,8-9H2,1H3,(H3,14,15,16,17). The van der Waals surface area contributed by atoms with Crippen LogP contribution in [-0.2, 0) is 0 Å². The molecule has 0 spiro atoms. The molecule has 0 unspecified atom stereocenters. The SMILES string of the molecule is Cc1cc(NCC2(CO)CCCCC2)nc(N)n1. The monoisotopic (exact) mass is 250 g/mol. The molecule has 1 aromatic heterocycles. The first-order valence-corrected chi connectivity index (χ1v) is 6.59. The highest BCUT2D eigenvalue weighted by molar-refractivity contribution is 5.40. The molecule has 0 amide bonds. The van der Waals surface area contributed by atoms with Gasteiger partial charge in [0.25, 0.3) is 0 Å². The number of anilines is 2. The summed E-state index contributed by atoms with van der Waals surface area (Å²) in [6.07, 6.45) is 5.84. The molecule has 1 fully saturated rings. The van der Waals surface area contributed by atoms with E-state index in [-0.39, 0.29) is 12.0 Å². The van der Waals surface area contributed by atoms with Crippen LogP contribution in [0.1, 0.15) is 37.8 Å². The number of aryl methyl sites for hydroxylation is 1. The van der Waals surface area contributed by atoms with Gasteiger partial charge in [0.2, 0.25) is 5.95 Å². The van der Waals surface area contributed by atoms with E-state index in [2.05, 4.69) is 15.3 Å². The summed E-state index contributed by atoms with van der Waals surface area (Å²) in [7, 11) is 0. The van der Waals surface area contributed by atoms with Gasteiger partial charge in [-0.25, -0.2) is 4.98 Å². The number of aliphatic hydroxyl groups is 1. The Hall–Kier alpha value is -1.36. The van der Waals surface area contributed by atoms with Crippen molar-refractivity contribution < 1.29 is 5.11 Å². The van der Waals surface area contributed by atoms with Crippen LogP contribution in [-0.4, -0.2) is 28.2 Å². The largest absolute Gasteiger partial charge is 0.396 e. The molecule has 0 aromatic carbocycles. The van der Waals surface area contributed by atoms with E-state index >= 15 is 0 Å². The molecule has 5 nitrogen and oxygen atoms in total. The third-order valence-corrected chi connectivity index (χ3v) is 3.77. The van der Waals surface area contributed by atoms with Crippen molar-refractivity contribution in [1.29, 1.82) is 0 Å². The molecule has 0 aliphatic heterocycles. The van der Waals surface area contributed by atoms with Gasteiger partial charge < -0.3 is 16.2 Å². The smallest absolute Gasteiger partial charge is 0.222 e. The first-order chi connectivity index (χ1) is 8.63. The van der Waals surface area contributed by atoms with E-state index in [1.165, 1.54) is 19.3 Å². The molecule has 5 heteroatoms. The number of rotatable bonds is 4. The summed E-state index contributed by atoms with van der Waals surface area (Å²) in [6, 6.07) is 1.88. The third-order valence-electron chi connectivity index (χ3n) is 3.77. The molecule has 1 aliphatic carbocycles. The van der Waals surface area contributed by atoms with Gasteiger partial charge in [0.1, 0.15) is 5.82 Å². The minimum atomic E-state index is 0.00582. The molecule has 1 saturated carbocycles. The predicted octanol–water partition coefficient (Wildman–Crippen LogP) is 1.72. The third kappa shape index (κ3) is 3.10. The highest BCUT2D eigenvalue weighted by Crippen LogP contribution is 2.35. The van der Waals surface area contributed by atoms with Crippen molar-refractivity contribution in [3.8, 4) is 0 Å². The van der Waals surface area contributed by atoms with Gasteiger partial charge in [0.15, 0.2) is 0 Å². The van der Waals surface area contributed by atoms with Crippen molar-refractivity contribution in [3.63, 3.8) is 0 Å². The maximum Gasteiger partial charge on any atom is 0.222 e. The number of aromatic nitrogens is 2. The average molecular weight is 250 g/mol.